The maximum absolute atomic E-state index is 12.3. The number of amides is 2. The number of hydrogen-bond acceptors (Lipinski definition) is 3. The van der Waals surface area contributed by atoms with Gasteiger partial charge in [-0.1, -0.05) is 30.3 Å². The Morgan fingerprint density at radius 2 is 1.83 bits per heavy atom. The second kappa shape index (κ2) is 7.34. The molecule has 5 nitrogen and oxygen atoms in total. The first-order chi connectivity index (χ1) is 11.6. The first-order valence-electron chi connectivity index (χ1n) is 8.92. The van der Waals surface area contributed by atoms with Gasteiger partial charge >= 0.3 is 0 Å². The zero-order valence-electron chi connectivity index (χ0n) is 14.0. The summed E-state index contributed by atoms with van der Waals surface area (Å²) in [6.45, 7) is 1.36. The van der Waals surface area contributed by atoms with Gasteiger partial charge in [-0.15, -0.1) is 0 Å². The van der Waals surface area contributed by atoms with Crippen LogP contribution in [0.25, 0.3) is 0 Å². The molecule has 0 atom stereocenters. The lowest BCUT2D eigenvalue weighted by atomic mass is 9.79. The maximum atomic E-state index is 12.3. The van der Waals surface area contributed by atoms with Crippen LogP contribution in [0.4, 0.5) is 0 Å². The van der Waals surface area contributed by atoms with E-state index in [4.69, 9.17) is 0 Å². The third-order valence-electron chi connectivity index (χ3n) is 5.26. The summed E-state index contributed by atoms with van der Waals surface area (Å²) in [5, 5.41) is 13.0. The van der Waals surface area contributed by atoms with Crippen LogP contribution in [-0.4, -0.2) is 46.6 Å². The van der Waals surface area contributed by atoms with E-state index in [2.05, 4.69) is 5.32 Å². The third kappa shape index (κ3) is 3.96. The maximum Gasteiger partial charge on any atom is 0.252 e. The van der Waals surface area contributed by atoms with E-state index in [1.54, 1.807) is 0 Å². The number of benzene rings is 1. The highest BCUT2D eigenvalue weighted by molar-refractivity contribution is 5.86. The summed E-state index contributed by atoms with van der Waals surface area (Å²) in [4.78, 5) is 26.3. The van der Waals surface area contributed by atoms with Crippen LogP contribution >= 0.6 is 0 Å². The van der Waals surface area contributed by atoms with Gasteiger partial charge in [-0.3, -0.25) is 9.59 Å². The Morgan fingerprint density at radius 3 is 2.42 bits per heavy atom. The zero-order valence-corrected chi connectivity index (χ0v) is 14.0. The average molecular weight is 330 g/mol. The topological polar surface area (TPSA) is 69.6 Å². The lowest BCUT2D eigenvalue weighted by Crippen LogP contribution is -2.56. The second-order valence-electron chi connectivity index (χ2n) is 7.00. The van der Waals surface area contributed by atoms with Crippen molar-refractivity contribution in [2.24, 2.45) is 0 Å². The van der Waals surface area contributed by atoms with E-state index >= 15 is 0 Å². The molecule has 24 heavy (non-hydrogen) atoms. The van der Waals surface area contributed by atoms with Crippen LogP contribution in [0, 0.1) is 0 Å². The first-order valence-corrected chi connectivity index (χ1v) is 8.92. The largest absolute Gasteiger partial charge is 0.380 e. The number of carbonyl (C=O) groups is 2. The van der Waals surface area contributed by atoms with Crippen molar-refractivity contribution in [3.05, 3.63) is 35.9 Å². The Labute approximate surface area is 143 Å². The minimum absolute atomic E-state index is 0.0697. The molecule has 2 amide bonds. The number of piperidine rings is 1. The quantitative estimate of drug-likeness (QED) is 0.862. The van der Waals surface area contributed by atoms with Gasteiger partial charge in [0, 0.05) is 25.6 Å². The molecule has 1 saturated carbocycles. The van der Waals surface area contributed by atoms with Gasteiger partial charge < -0.3 is 15.3 Å². The van der Waals surface area contributed by atoms with E-state index in [1.807, 2.05) is 35.2 Å². The van der Waals surface area contributed by atoms with Crippen molar-refractivity contribution < 1.29 is 14.7 Å². The summed E-state index contributed by atoms with van der Waals surface area (Å²) >= 11 is 0. The summed E-state index contributed by atoms with van der Waals surface area (Å²) in [6.07, 6.45) is 4.87. The van der Waals surface area contributed by atoms with E-state index in [0.717, 1.165) is 25.7 Å². The number of nitrogens with one attached hydrogen (secondary N) is 1. The van der Waals surface area contributed by atoms with Crippen LogP contribution in [0.15, 0.2) is 30.3 Å². The molecule has 1 aliphatic heterocycles. The SMILES string of the molecule is O=C(CCc1ccccc1)N1CCC(NC(=O)C2(O)CCC2)CC1. The van der Waals surface area contributed by atoms with Crippen LogP contribution in [0.1, 0.15) is 44.1 Å². The van der Waals surface area contributed by atoms with Crippen molar-refractivity contribution in [3.8, 4) is 0 Å². The minimum Gasteiger partial charge on any atom is -0.380 e. The van der Waals surface area contributed by atoms with Crippen LogP contribution in [-0.2, 0) is 16.0 Å². The van der Waals surface area contributed by atoms with Gasteiger partial charge in [0.05, 0.1) is 0 Å². The molecule has 0 radical (unpaired) electrons. The summed E-state index contributed by atoms with van der Waals surface area (Å²) in [5.41, 5.74) is 0.0459. The number of hydrogen-bond donors (Lipinski definition) is 2. The highest BCUT2D eigenvalue weighted by Gasteiger charge is 2.42. The molecular formula is C19H26N2O3. The van der Waals surface area contributed by atoms with E-state index in [1.165, 1.54) is 5.56 Å². The van der Waals surface area contributed by atoms with E-state index < -0.39 is 5.60 Å². The standard InChI is InChI=1S/C19H26N2O3/c22-17(8-7-15-5-2-1-3-6-15)21-13-9-16(10-14-21)20-18(23)19(24)11-4-12-19/h1-3,5-6,16,24H,4,7-14H2,(H,20,23). The lowest BCUT2D eigenvalue weighted by molar-refractivity contribution is -0.149. The van der Waals surface area contributed by atoms with Crippen molar-refractivity contribution in [1.82, 2.24) is 10.2 Å². The molecule has 0 unspecified atom stereocenters. The second-order valence-corrected chi connectivity index (χ2v) is 7.00. The number of aryl methyl sites for hydroxylation is 1. The van der Waals surface area contributed by atoms with Crippen LogP contribution in [0.2, 0.25) is 0 Å². The van der Waals surface area contributed by atoms with Crippen molar-refractivity contribution in [1.29, 1.82) is 0 Å². The summed E-state index contributed by atoms with van der Waals surface area (Å²) in [7, 11) is 0. The van der Waals surface area contributed by atoms with Crippen LogP contribution in [0.3, 0.4) is 0 Å². The summed E-state index contributed by atoms with van der Waals surface area (Å²) < 4.78 is 0. The highest BCUT2D eigenvalue weighted by Crippen LogP contribution is 2.32. The molecule has 1 saturated heterocycles. The Hall–Kier alpha value is -1.88. The normalized spacial score (nSPS) is 20.3. The van der Waals surface area contributed by atoms with Crippen molar-refractivity contribution in [2.75, 3.05) is 13.1 Å². The molecule has 1 aliphatic carbocycles. The van der Waals surface area contributed by atoms with Crippen LogP contribution < -0.4 is 5.32 Å². The Morgan fingerprint density at radius 1 is 1.17 bits per heavy atom. The van der Waals surface area contributed by atoms with Gasteiger partial charge in [-0.25, -0.2) is 0 Å². The summed E-state index contributed by atoms with van der Waals surface area (Å²) in [6, 6.07) is 10.1. The zero-order chi connectivity index (χ0) is 17.0. The number of likely N-dealkylation sites (tertiary alicyclic amines) is 1. The van der Waals surface area contributed by atoms with Gasteiger partial charge in [-0.05, 0) is 44.1 Å². The molecule has 1 heterocycles. The molecule has 0 aromatic heterocycles. The number of aliphatic hydroxyl groups is 1. The van der Waals surface area contributed by atoms with E-state index in [9.17, 15) is 14.7 Å². The third-order valence-corrected chi connectivity index (χ3v) is 5.26. The fourth-order valence-electron chi connectivity index (χ4n) is 3.39. The lowest BCUT2D eigenvalue weighted by Gasteiger charge is -2.38. The van der Waals surface area contributed by atoms with Crippen molar-refractivity contribution in [2.45, 2.75) is 56.6 Å². The predicted molar refractivity (Wildman–Crippen MR) is 91.3 cm³/mol. The Bertz CT molecular complexity index is 576. The fraction of sp³-hybridized carbons (Fsp3) is 0.579. The van der Waals surface area contributed by atoms with Gasteiger partial charge in [-0.2, -0.15) is 0 Å². The molecule has 2 N–H and O–H groups in total. The number of rotatable bonds is 5. The van der Waals surface area contributed by atoms with Gasteiger partial charge in [0.2, 0.25) is 5.91 Å². The summed E-state index contributed by atoms with van der Waals surface area (Å²) in [5.74, 6) is -0.0520. The molecule has 1 aromatic rings. The molecular weight excluding hydrogens is 304 g/mol. The number of nitrogens with zero attached hydrogens (tertiary/aromatic N) is 1. The highest BCUT2D eigenvalue weighted by atomic mass is 16.3. The molecule has 3 rings (SSSR count). The average Bonchev–Trinajstić information content (AvgIpc) is 2.59. The first kappa shape index (κ1) is 17.0. The van der Waals surface area contributed by atoms with E-state index in [0.29, 0.717) is 32.4 Å². The molecule has 0 spiro atoms. The molecule has 1 aromatic carbocycles. The Kier molecular flexibility index (Phi) is 5.19. The van der Waals surface area contributed by atoms with Crippen molar-refractivity contribution >= 4 is 11.8 Å². The van der Waals surface area contributed by atoms with Gasteiger partial charge in [0.1, 0.15) is 5.60 Å². The monoisotopic (exact) mass is 330 g/mol. The van der Waals surface area contributed by atoms with Crippen molar-refractivity contribution in [3.63, 3.8) is 0 Å². The molecule has 0 bridgehead atoms. The number of carbonyl (C=O) groups excluding carboxylic acids is 2. The minimum atomic E-state index is -1.14. The van der Waals surface area contributed by atoms with Gasteiger partial charge in [0.25, 0.3) is 5.91 Å². The molecule has 2 fully saturated rings. The van der Waals surface area contributed by atoms with E-state index in [-0.39, 0.29) is 17.9 Å². The molecule has 2 aliphatic rings. The predicted octanol–water partition coefficient (Wildman–Crippen LogP) is 1.64. The van der Waals surface area contributed by atoms with Crippen LogP contribution in [0.5, 0.6) is 0 Å². The molecule has 130 valence electrons. The van der Waals surface area contributed by atoms with Gasteiger partial charge in [0.15, 0.2) is 0 Å². The fourth-order valence-corrected chi connectivity index (χ4v) is 3.39. The Balaban J connectivity index is 1.40. The molecule has 5 heteroatoms. The smallest absolute Gasteiger partial charge is 0.252 e.